The Bertz CT molecular complexity index is 470. The Balaban J connectivity index is 2.14. The zero-order valence-corrected chi connectivity index (χ0v) is 10.4. The van der Waals surface area contributed by atoms with E-state index in [1.807, 2.05) is 18.2 Å². The lowest BCUT2D eigenvalue weighted by Crippen LogP contribution is -2.29. The van der Waals surface area contributed by atoms with Crippen molar-refractivity contribution >= 4 is 28.9 Å². The first kappa shape index (κ1) is 11.9. The van der Waals surface area contributed by atoms with Crippen molar-refractivity contribution in [3.05, 3.63) is 35.9 Å². The molecule has 1 amide bonds. The Labute approximate surface area is 105 Å². The molecule has 0 spiro atoms. The largest absolute Gasteiger partial charge is 0.306 e. The van der Waals surface area contributed by atoms with Crippen LogP contribution in [0.4, 0.5) is 0 Å². The van der Waals surface area contributed by atoms with Gasteiger partial charge in [-0.1, -0.05) is 42.5 Å². The molecule has 88 valence electrons. The number of carbonyl (C=O) groups is 2. The smallest absolute Gasteiger partial charge is 0.224 e. The van der Waals surface area contributed by atoms with E-state index in [1.54, 1.807) is 12.1 Å². The van der Waals surface area contributed by atoms with E-state index in [9.17, 15) is 9.59 Å². The normalized spacial score (nSPS) is 19.5. The second kappa shape index (κ2) is 4.75. The van der Waals surface area contributed by atoms with Crippen molar-refractivity contribution in [2.24, 2.45) is 5.92 Å². The number of benzene rings is 1. The monoisotopic (exact) mass is 247 g/mol. The predicted molar refractivity (Wildman–Crippen MR) is 68.9 cm³/mol. The standard InChI is InChI=1S/C13H13NO2S/c1-9(15)14-8-11(7-12(14)17)13(16)10-5-3-2-4-6-10/h2-6,11H,7-8H2,1H3/t11-/m1/s1. The van der Waals surface area contributed by atoms with Crippen molar-refractivity contribution in [3.63, 3.8) is 0 Å². The third-order valence-corrected chi connectivity index (χ3v) is 3.32. The first-order valence-corrected chi connectivity index (χ1v) is 5.90. The average molecular weight is 247 g/mol. The summed E-state index contributed by atoms with van der Waals surface area (Å²) in [6, 6.07) is 9.13. The van der Waals surface area contributed by atoms with Gasteiger partial charge in [-0.15, -0.1) is 0 Å². The van der Waals surface area contributed by atoms with Crippen LogP contribution >= 0.6 is 12.2 Å². The number of rotatable bonds is 2. The van der Waals surface area contributed by atoms with E-state index >= 15 is 0 Å². The van der Waals surface area contributed by atoms with Gasteiger partial charge in [-0.3, -0.25) is 9.59 Å². The molecule has 1 aliphatic rings. The summed E-state index contributed by atoms with van der Waals surface area (Å²) in [6.45, 7) is 1.89. The zero-order valence-electron chi connectivity index (χ0n) is 9.55. The van der Waals surface area contributed by atoms with Gasteiger partial charge in [0.25, 0.3) is 0 Å². The molecule has 0 bridgehead atoms. The highest BCUT2D eigenvalue weighted by molar-refractivity contribution is 7.80. The van der Waals surface area contributed by atoms with Crippen LogP contribution in [-0.4, -0.2) is 28.1 Å². The molecule has 1 atom stereocenters. The maximum absolute atomic E-state index is 12.2. The van der Waals surface area contributed by atoms with Crippen molar-refractivity contribution in [2.45, 2.75) is 13.3 Å². The summed E-state index contributed by atoms with van der Waals surface area (Å²) in [6.07, 6.45) is 0.503. The summed E-state index contributed by atoms with van der Waals surface area (Å²) in [5, 5.41) is 0. The van der Waals surface area contributed by atoms with E-state index in [0.29, 0.717) is 23.5 Å². The van der Waals surface area contributed by atoms with Crippen LogP contribution in [0.2, 0.25) is 0 Å². The van der Waals surface area contributed by atoms with Crippen LogP contribution in [-0.2, 0) is 4.79 Å². The highest BCUT2D eigenvalue weighted by Gasteiger charge is 2.33. The van der Waals surface area contributed by atoms with Crippen LogP contribution < -0.4 is 0 Å². The molecular formula is C13H13NO2S. The van der Waals surface area contributed by atoms with E-state index < -0.39 is 0 Å². The molecule has 0 radical (unpaired) electrons. The minimum Gasteiger partial charge on any atom is -0.306 e. The summed E-state index contributed by atoms with van der Waals surface area (Å²) >= 11 is 5.12. The van der Waals surface area contributed by atoms with Crippen LogP contribution in [0.5, 0.6) is 0 Å². The number of likely N-dealkylation sites (tertiary alicyclic amines) is 1. The van der Waals surface area contributed by atoms with Crippen LogP contribution in [0, 0.1) is 5.92 Å². The van der Waals surface area contributed by atoms with Crippen molar-refractivity contribution in [2.75, 3.05) is 6.54 Å². The van der Waals surface area contributed by atoms with Gasteiger partial charge < -0.3 is 4.90 Å². The van der Waals surface area contributed by atoms with E-state index in [0.717, 1.165) is 0 Å². The van der Waals surface area contributed by atoms with Gasteiger partial charge in [-0.05, 0) is 0 Å². The van der Waals surface area contributed by atoms with Crippen LogP contribution in [0.3, 0.4) is 0 Å². The Morgan fingerprint density at radius 1 is 1.29 bits per heavy atom. The van der Waals surface area contributed by atoms with Crippen LogP contribution in [0.25, 0.3) is 0 Å². The summed E-state index contributed by atoms with van der Waals surface area (Å²) < 4.78 is 0. The summed E-state index contributed by atoms with van der Waals surface area (Å²) in [5.41, 5.74) is 0.686. The van der Waals surface area contributed by atoms with Gasteiger partial charge in [0, 0.05) is 31.4 Å². The number of Topliss-reactive ketones (excluding diaryl/α,β-unsaturated/α-hetero) is 1. The van der Waals surface area contributed by atoms with Gasteiger partial charge in [-0.2, -0.15) is 0 Å². The topological polar surface area (TPSA) is 37.4 Å². The number of hydrogen-bond acceptors (Lipinski definition) is 3. The third-order valence-electron chi connectivity index (χ3n) is 2.93. The minimum atomic E-state index is -0.186. The highest BCUT2D eigenvalue weighted by Crippen LogP contribution is 2.23. The van der Waals surface area contributed by atoms with Crippen LogP contribution in [0.15, 0.2) is 30.3 Å². The maximum atomic E-state index is 12.2. The van der Waals surface area contributed by atoms with Crippen molar-refractivity contribution in [1.29, 1.82) is 0 Å². The second-order valence-electron chi connectivity index (χ2n) is 4.15. The van der Waals surface area contributed by atoms with Crippen molar-refractivity contribution in [1.82, 2.24) is 4.90 Å². The molecule has 1 saturated heterocycles. The van der Waals surface area contributed by atoms with Gasteiger partial charge in [0.15, 0.2) is 5.78 Å². The van der Waals surface area contributed by atoms with Gasteiger partial charge in [0.1, 0.15) is 0 Å². The fourth-order valence-corrected chi connectivity index (χ4v) is 2.43. The molecule has 0 aliphatic carbocycles. The van der Waals surface area contributed by atoms with Gasteiger partial charge >= 0.3 is 0 Å². The SMILES string of the molecule is CC(=O)N1C[C@H](C(=O)c2ccccc2)CC1=S. The van der Waals surface area contributed by atoms with E-state index in [4.69, 9.17) is 12.2 Å². The second-order valence-corrected chi connectivity index (χ2v) is 4.63. The molecule has 4 heteroatoms. The quantitative estimate of drug-likeness (QED) is 0.593. The van der Waals surface area contributed by atoms with Gasteiger partial charge in [0.2, 0.25) is 5.91 Å². The van der Waals surface area contributed by atoms with E-state index in [2.05, 4.69) is 0 Å². The number of thiocarbonyl (C=S) groups is 1. The summed E-state index contributed by atoms with van der Waals surface area (Å²) in [5.74, 6) is -0.205. The maximum Gasteiger partial charge on any atom is 0.224 e. The minimum absolute atomic E-state index is 0.0664. The number of nitrogens with zero attached hydrogens (tertiary/aromatic N) is 1. The lowest BCUT2D eigenvalue weighted by molar-refractivity contribution is -0.124. The summed E-state index contributed by atoms with van der Waals surface area (Å²) in [7, 11) is 0. The summed E-state index contributed by atoms with van der Waals surface area (Å²) in [4.78, 5) is 25.5. The lowest BCUT2D eigenvalue weighted by Gasteiger charge is -2.13. The Kier molecular flexibility index (Phi) is 3.33. The zero-order chi connectivity index (χ0) is 12.4. The molecule has 1 heterocycles. The number of amides is 1. The Hall–Kier alpha value is -1.55. The highest BCUT2D eigenvalue weighted by atomic mass is 32.1. The number of ketones is 1. The molecule has 0 saturated carbocycles. The molecule has 0 aromatic heterocycles. The van der Waals surface area contributed by atoms with Crippen LogP contribution in [0.1, 0.15) is 23.7 Å². The Morgan fingerprint density at radius 3 is 2.47 bits per heavy atom. The Morgan fingerprint density at radius 2 is 1.94 bits per heavy atom. The van der Waals surface area contributed by atoms with Crippen molar-refractivity contribution < 1.29 is 9.59 Å². The van der Waals surface area contributed by atoms with E-state index in [1.165, 1.54) is 11.8 Å². The fourth-order valence-electron chi connectivity index (χ4n) is 2.03. The fraction of sp³-hybridized carbons (Fsp3) is 0.308. The third kappa shape index (κ3) is 2.42. The first-order valence-electron chi connectivity index (χ1n) is 5.50. The first-order chi connectivity index (χ1) is 8.09. The van der Waals surface area contributed by atoms with Crippen molar-refractivity contribution in [3.8, 4) is 0 Å². The number of carbonyl (C=O) groups excluding carboxylic acids is 2. The molecule has 2 rings (SSSR count). The predicted octanol–water partition coefficient (Wildman–Crippen LogP) is 2.07. The molecule has 17 heavy (non-hydrogen) atoms. The molecule has 3 nitrogen and oxygen atoms in total. The van der Waals surface area contributed by atoms with Gasteiger partial charge in [0.05, 0.1) is 4.99 Å². The average Bonchev–Trinajstić information content (AvgIpc) is 2.71. The molecule has 1 fully saturated rings. The lowest BCUT2D eigenvalue weighted by atomic mass is 9.97. The molecule has 1 aliphatic heterocycles. The number of hydrogen-bond donors (Lipinski definition) is 0. The molecule has 0 N–H and O–H groups in total. The molecular weight excluding hydrogens is 234 g/mol. The van der Waals surface area contributed by atoms with E-state index in [-0.39, 0.29) is 17.6 Å². The molecule has 1 aromatic carbocycles. The molecule has 1 aromatic rings. The van der Waals surface area contributed by atoms with Gasteiger partial charge in [-0.25, -0.2) is 0 Å². The molecule has 0 unspecified atom stereocenters.